The summed E-state index contributed by atoms with van der Waals surface area (Å²) in [6, 6.07) is 5.69. The molecule has 0 atom stereocenters. The second-order valence-electron chi connectivity index (χ2n) is 5.40. The largest absolute Gasteiger partial charge is 0.229 e. The number of aromatic nitrogens is 3. The molecule has 0 aromatic carbocycles. The monoisotopic (exact) mass is 321 g/mol. The molecule has 2 saturated carbocycles. The standard InChI is InChI=1S/C14H13BrFN3/c15-10-5-6-13(17-14(10)16)19-12(9-3-4-9)7-11(18-19)8-1-2-8/h5-9H,1-4H2. The molecule has 5 heteroatoms. The van der Waals surface area contributed by atoms with E-state index in [9.17, 15) is 4.39 Å². The summed E-state index contributed by atoms with van der Waals surface area (Å²) < 4.78 is 15.8. The van der Waals surface area contributed by atoms with Crippen molar-refractivity contribution in [1.82, 2.24) is 14.8 Å². The van der Waals surface area contributed by atoms with Crippen molar-refractivity contribution in [3.8, 4) is 5.82 Å². The minimum Gasteiger partial charge on any atom is -0.219 e. The van der Waals surface area contributed by atoms with Crippen molar-refractivity contribution in [2.45, 2.75) is 37.5 Å². The third kappa shape index (κ3) is 2.10. The predicted octanol–water partition coefficient (Wildman–Crippen LogP) is 3.92. The van der Waals surface area contributed by atoms with Gasteiger partial charge >= 0.3 is 0 Å². The van der Waals surface area contributed by atoms with Crippen LogP contribution in [0, 0.1) is 5.95 Å². The smallest absolute Gasteiger partial charge is 0.219 e. The highest BCUT2D eigenvalue weighted by molar-refractivity contribution is 9.10. The Morgan fingerprint density at radius 2 is 1.89 bits per heavy atom. The molecular weight excluding hydrogens is 309 g/mol. The lowest BCUT2D eigenvalue weighted by Gasteiger charge is -2.05. The van der Waals surface area contributed by atoms with E-state index in [4.69, 9.17) is 0 Å². The molecule has 2 aliphatic carbocycles. The molecule has 3 nitrogen and oxygen atoms in total. The number of hydrogen-bond acceptors (Lipinski definition) is 2. The zero-order valence-corrected chi connectivity index (χ0v) is 11.9. The van der Waals surface area contributed by atoms with Crippen molar-refractivity contribution < 1.29 is 4.39 Å². The summed E-state index contributed by atoms with van der Waals surface area (Å²) in [5.41, 5.74) is 2.34. The van der Waals surface area contributed by atoms with E-state index in [-0.39, 0.29) is 0 Å². The molecule has 0 aliphatic heterocycles. The molecule has 0 radical (unpaired) electrons. The molecule has 2 aromatic heterocycles. The summed E-state index contributed by atoms with van der Waals surface area (Å²) in [5.74, 6) is 1.28. The van der Waals surface area contributed by atoms with E-state index in [2.05, 4.69) is 32.1 Å². The summed E-state index contributed by atoms with van der Waals surface area (Å²) in [5, 5.41) is 4.65. The van der Waals surface area contributed by atoms with Gasteiger partial charge in [0.15, 0.2) is 5.82 Å². The number of pyridine rings is 1. The van der Waals surface area contributed by atoms with Crippen LogP contribution in [0.1, 0.15) is 48.9 Å². The van der Waals surface area contributed by atoms with Crippen LogP contribution in [0.2, 0.25) is 0 Å². The number of hydrogen-bond donors (Lipinski definition) is 0. The highest BCUT2D eigenvalue weighted by Crippen LogP contribution is 2.45. The Morgan fingerprint density at radius 3 is 2.53 bits per heavy atom. The summed E-state index contributed by atoms with van der Waals surface area (Å²) >= 11 is 3.13. The maximum atomic E-state index is 13.6. The lowest BCUT2D eigenvalue weighted by Crippen LogP contribution is -2.05. The van der Waals surface area contributed by atoms with Gasteiger partial charge in [0.1, 0.15) is 0 Å². The van der Waals surface area contributed by atoms with Crippen LogP contribution >= 0.6 is 15.9 Å². The van der Waals surface area contributed by atoms with Crippen molar-refractivity contribution in [2.24, 2.45) is 0 Å². The molecule has 0 saturated heterocycles. The highest BCUT2D eigenvalue weighted by atomic mass is 79.9. The quantitative estimate of drug-likeness (QED) is 0.802. The van der Waals surface area contributed by atoms with Crippen molar-refractivity contribution in [1.29, 1.82) is 0 Å². The van der Waals surface area contributed by atoms with E-state index >= 15 is 0 Å². The van der Waals surface area contributed by atoms with E-state index in [1.165, 1.54) is 31.4 Å². The zero-order chi connectivity index (χ0) is 13.0. The van der Waals surface area contributed by atoms with Gasteiger partial charge in [0.2, 0.25) is 5.95 Å². The average Bonchev–Trinajstić information content (AvgIpc) is 3.31. The number of rotatable bonds is 3. The molecule has 0 amide bonds. The fourth-order valence-electron chi connectivity index (χ4n) is 2.37. The van der Waals surface area contributed by atoms with Crippen LogP contribution < -0.4 is 0 Å². The molecule has 19 heavy (non-hydrogen) atoms. The minimum atomic E-state index is -0.484. The maximum Gasteiger partial charge on any atom is 0.229 e. The number of halogens is 2. The van der Waals surface area contributed by atoms with E-state index in [1.807, 2.05) is 10.7 Å². The molecular formula is C14H13BrFN3. The van der Waals surface area contributed by atoms with E-state index in [1.54, 1.807) is 6.07 Å². The van der Waals surface area contributed by atoms with Gasteiger partial charge < -0.3 is 0 Å². The molecule has 2 fully saturated rings. The van der Waals surface area contributed by atoms with Crippen LogP contribution in [0.3, 0.4) is 0 Å². The Bertz CT molecular complexity index is 644. The Balaban J connectivity index is 1.81. The lowest BCUT2D eigenvalue weighted by molar-refractivity contribution is 0.569. The van der Waals surface area contributed by atoms with Gasteiger partial charge in [-0.3, -0.25) is 0 Å². The first-order chi connectivity index (χ1) is 9.22. The first kappa shape index (κ1) is 11.6. The fraction of sp³-hybridized carbons (Fsp3) is 0.429. The minimum absolute atomic E-state index is 0.388. The maximum absolute atomic E-state index is 13.6. The highest BCUT2D eigenvalue weighted by Gasteiger charge is 2.33. The molecule has 98 valence electrons. The molecule has 2 aliphatic rings. The first-order valence-corrected chi connectivity index (χ1v) is 7.44. The first-order valence-electron chi connectivity index (χ1n) is 6.64. The molecule has 2 aromatic rings. The van der Waals surface area contributed by atoms with Gasteiger partial charge in [0.25, 0.3) is 0 Å². The summed E-state index contributed by atoms with van der Waals surface area (Å²) in [6.45, 7) is 0. The van der Waals surface area contributed by atoms with Crippen LogP contribution in [-0.2, 0) is 0 Å². The van der Waals surface area contributed by atoms with Crippen LogP contribution in [-0.4, -0.2) is 14.8 Å². The van der Waals surface area contributed by atoms with E-state index in [0.29, 0.717) is 22.1 Å². The molecule has 0 spiro atoms. The summed E-state index contributed by atoms with van der Waals surface area (Å²) in [6.07, 6.45) is 4.86. The number of nitrogens with zero attached hydrogens (tertiary/aromatic N) is 3. The average molecular weight is 322 g/mol. The van der Waals surface area contributed by atoms with E-state index < -0.39 is 5.95 Å². The summed E-state index contributed by atoms with van der Waals surface area (Å²) in [7, 11) is 0. The zero-order valence-electron chi connectivity index (χ0n) is 10.3. The Hall–Kier alpha value is -1.23. The molecule has 0 bridgehead atoms. The molecule has 2 heterocycles. The third-order valence-corrected chi connectivity index (χ3v) is 4.34. The second-order valence-corrected chi connectivity index (χ2v) is 6.25. The van der Waals surface area contributed by atoms with Crippen LogP contribution in [0.5, 0.6) is 0 Å². The topological polar surface area (TPSA) is 30.7 Å². The molecule has 4 rings (SSSR count). The summed E-state index contributed by atoms with van der Waals surface area (Å²) in [4.78, 5) is 3.99. The van der Waals surface area contributed by atoms with Gasteiger partial charge in [0.05, 0.1) is 10.2 Å². The van der Waals surface area contributed by atoms with E-state index in [0.717, 1.165) is 5.69 Å². The molecule has 0 N–H and O–H groups in total. The fourth-order valence-corrected chi connectivity index (χ4v) is 2.59. The van der Waals surface area contributed by atoms with Crippen LogP contribution in [0.15, 0.2) is 22.7 Å². The van der Waals surface area contributed by atoms with Crippen molar-refractivity contribution >= 4 is 15.9 Å². The second kappa shape index (κ2) is 4.13. The van der Waals surface area contributed by atoms with Crippen molar-refractivity contribution in [2.75, 3.05) is 0 Å². The van der Waals surface area contributed by atoms with Crippen LogP contribution in [0.4, 0.5) is 4.39 Å². The lowest BCUT2D eigenvalue weighted by atomic mass is 10.2. The Morgan fingerprint density at radius 1 is 1.16 bits per heavy atom. The predicted molar refractivity (Wildman–Crippen MR) is 73.0 cm³/mol. The SMILES string of the molecule is Fc1nc(-n2nc(C3CC3)cc2C2CC2)ccc1Br. The van der Waals surface area contributed by atoms with Gasteiger partial charge in [-0.2, -0.15) is 14.5 Å². The van der Waals surface area contributed by atoms with Gasteiger partial charge in [-0.15, -0.1) is 0 Å². The van der Waals surface area contributed by atoms with Crippen molar-refractivity contribution in [3.05, 3.63) is 40.0 Å². The third-order valence-electron chi connectivity index (χ3n) is 3.75. The van der Waals surface area contributed by atoms with Crippen LogP contribution in [0.25, 0.3) is 5.82 Å². The van der Waals surface area contributed by atoms with Gasteiger partial charge in [-0.05, 0) is 59.8 Å². The molecule has 0 unspecified atom stereocenters. The van der Waals surface area contributed by atoms with Gasteiger partial charge in [0, 0.05) is 17.5 Å². The normalized spacial score (nSPS) is 18.8. The van der Waals surface area contributed by atoms with Crippen molar-refractivity contribution in [3.63, 3.8) is 0 Å². The van der Waals surface area contributed by atoms with Gasteiger partial charge in [-0.1, -0.05) is 0 Å². The Kier molecular flexibility index (Phi) is 2.52. The van der Waals surface area contributed by atoms with Gasteiger partial charge in [-0.25, -0.2) is 4.68 Å². The Labute approximate surface area is 119 Å².